The standard InChI is InChI=1S/C23H18F3N7O2S/c24-10-23(12-7-16(12)36-22(27)33-23)13-5-11(6-14(25)19(13)26)31-21-20-15(1-2-29-21)32-17(8-30-20)35-9-18-28-3-4-34-18/h1-6,8,12,16H,7,9-10H2,(H2,27,33)(H,29,31)/t12?,16?,23-/m0/s1. The number of rotatable bonds is 7. The number of aliphatic imine (C=N–C) groups is 1. The number of nitrogens with one attached hydrogen (secondary N) is 1. The molecule has 1 saturated carbocycles. The zero-order chi connectivity index (χ0) is 24.9. The summed E-state index contributed by atoms with van der Waals surface area (Å²) in [4.78, 5) is 21.2. The number of oxazole rings is 1. The fourth-order valence-corrected chi connectivity index (χ4v) is 5.61. The molecular weight excluding hydrogens is 495 g/mol. The predicted molar refractivity (Wildman–Crippen MR) is 127 cm³/mol. The molecule has 4 aromatic rings. The summed E-state index contributed by atoms with van der Waals surface area (Å²) in [5.41, 5.74) is 5.11. The molecule has 9 nitrogen and oxygen atoms in total. The number of benzene rings is 1. The van der Waals surface area contributed by atoms with Crippen LogP contribution < -0.4 is 15.8 Å². The van der Waals surface area contributed by atoms with Gasteiger partial charge in [0.2, 0.25) is 11.8 Å². The Hall–Kier alpha value is -3.87. The van der Waals surface area contributed by atoms with Crippen LogP contribution in [-0.4, -0.2) is 37.0 Å². The van der Waals surface area contributed by atoms with Gasteiger partial charge in [-0.25, -0.2) is 38.1 Å². The summed E-state index contributed by atoms with van der Waals surface area (Å²) in [7, 11) is 0. The minimum atomic E-state index is -1.57. The van der Waals surface area contributed by atoms with Gasteiger partial charge in [0.25, 0.3) is 0 Å². The monoisotopic (exact) mass is 513 g/mol. The number of hydrogen-bond acceptors (Lipinski definition) is 10. The third kappa shape index (κ3) is 3.88. The predicted octanol–water partition coefficient (Wildman–Crippen LogP) is 4.23. The highest BCUT2D eigenvalue weighted by atomic mass is 32.2. The van der Waals surface area contributed by atoms with Crippen LogP contribution in [0.2, 0.25) is 0 Å². The highest BCUT2D eigenvalue weighted by molar-refractivity contribution is 8.14. The van der Waals surface area contributed by atoms with Crippen molar-refractivity contribution in [2.75, 3.05) is 12.0 Å². The molecule has 0 bridgehead atoms. The average Bonchev–Trinajstić information content (AvgIpc) is 3.47. The molecule has 1 aromatic carbocycles. The lowest BCUT2D eigenvalue weighted by atomic mass is 9.85. The second kappa shape index (κ2) is 8.66. The molecule has 13 heteroatoms. The summed E-state index contributed by atoms with van der Waals surface area (Å²) in [5, 5.41) is 3.15. The lowest BCUT2D eigenvalue weighted by molar-refractivity contribution is 0.253. The van der Waals surface area contributed by atoms with Crippen molar-refractivity contribution in [2.45, 2.75) is 23.8 Å². The van der Waals surface area contributed by atoms with E-state index in [-0.39, 0.29) is 45.9 Å². The summed E-state index contributed by atoms with van der Waals surface area (Å²) in [6.45, 7) is -0.922. The van der Waals surface area contributed by atoms with Crippen molar-refractivity contribution >= 4 is 39.5 Å². The van der Waals surface area contributed by atoms with E-state index < -0.39 is 23.8 Å². The Labute approximate surface area is 206 Å². The lowest BCUT2D eigenvalue weighted by Crippen LogP contribution is -2.37. The van der Waals surface area contributed by atoms with Crippen LogP contribution in [0.15, 0.2) is 52.5 Å². The Bertz CT molecular complexity index is 1490. The summed E-state index contributed by atoms with van der Waals surface area (Å²) in [6.07, 6.45) is 6.45. The Morgan fingerprint density at radius 2 is 2.11 bits per heavy atom. The maximum Gasteiger partial charge on any atom is 0.233 e. The molecule has 0 radical (unpaired) electrons. The summed E-state index contributed by atoms with van der Waals surface area (Å²) < 4.78 is 54.8. The quantitative estimate of drug-likeness (QED) is 0.374. The SMILES string of the molecule is NC1=N[C@](CF)(c2cc(Nc3nccc4nc(OCc5ncco5)cnc34)cc(F)c2F)C2CC2S1. The van der Waals surface area contributed by atoms with Crippen LogP contribution in [0.5, 0.6) is 5.88 Å². The number of thioether (sulfide) groups is 1. The molecular formula is C23H18F3N7O2S. The highest BCUT2D eigenvalue weighted by Gasteiger charge is 2.58. The third-order valence-electron chi connectivity index (χ3n) is 6.15. The van der Waals surface area contributed by atoms with E-state index >= 15 is 0 Å². The molecule has 3 N–H and O–H groups in total. The molecule has 2 aliphatic rings. The average molecular weight is 514 g/mol. The van der Waals surface area contributed by atoms with E-state index in [1.165, 1.54) is 42.7 Å². The Balaban J connectivity index is 1.33. The first-order valence-corrected chi connectivity index (χ1v) is 11.8. The van der Waals surface area contributed by atoms with E-state index in [0.717, 1.165) is 6.07 Å². The summed E-state index contributed by atoms with van der Waals surface area (Å²) in [5.74, 6) is -1.68. The van der Waals surface area contributed by atoms with Crippen molar-refractivity contribution in [3.8, 4) is 5.88 Å². The zero-order valence-corrected chi connectivity index (χ0v) is 19.3. The second-order valence-corrected chi connectivity index (χ2v) is 9.66. The van der Waals surface area contributed by atoms with Crippen LogP contribution in [0.25, 0.3) is 11.0 Å². The molecule has 184 valence electrons. The van der Waals surface area contributed by atoms with Crippen molar-refractivity contribution in [3.05, 3.63) is 66.1 Å². The molecule has 1 aliphatic heterocycles. The van der Waals surface area contributed by atoms with Crippen LogP contribution in [-0.2, 0) is 12.1 Å². The molecule has 6 rings (SSSR count). The summed E-state index contributed by atoms with van der Waals surface area (Å²) in [6, 6.07) is 3.95. The van der Waals surface area contributed by atoms with Crippen molar-refractivity contribution < 1.29 is 22.3 Å². The van der Waals surface area contributed by atoms with E-state index in [2.05, 4.69) is 30.2 Å². The normalized spacial score (nSPS) is 22.7. The van der Waals surface area contributed by atoms with Crippen molar-refractivity contribution in [2.24, 2.45) is 16.6 Å². The van der Waals surface area contributed by atoms with Crippen molar-refractivity contribution in [1.29, 1.82) is 0 Å². The number of amidine groups is 1. The number of halogens is 3. The molecule has 36 heavy (non-hydrogen) atoms. The first-order valence-electron chi connectivity index (χ1n) is 10.9. The van der Waals surface area contributed by atoms with Gasteiger partial charge in [-0.2, -0.15) is 0 Å². The fourth-order valence-electron chi connectivity index (χ4n) is 4.39. The van der Waals surface area contributed by atoms with Gasteiger partial charge in [0.15, 0.2) is 29.2 Å². The number of fused-ring (bicyclic) bond motifs is 2. The number of aromatic nitrogens is 4. The van der Waals surface area contributed by atoms with Gasteiger partial charge >= 0.3 is 0 Å². The smallest absolute Gasteiger partial charge is 0.233 e. The van der Waals surface area contributed by atoms with Gasteiger partial charge in [0, 0.05) is 34.7 Å². The van der Waals surface area contributed by atoms with Gasteiger partial charge in [0.05, 0.1) is 17.9 Å². The maximum absolute atomic E-state index is 15.0. The van der Waals surface area contributed by atoms with Gasteiger partial charge in [-0.05, 0) is 18.6 Å². The minimum Gasteiger partial charge on any atom is -0.467 e. The van der Waals surface area contributed by atoms with E-state index in [0.29, 0.717) is 23.3 Å². The largest absolute Gasteiger partial charge is 0.467 e. The first-order chi connectivity index (χ1) is 17.5. The summed E-state index contributed by atoms with van der Waals surface area (Å²) >= 11 is 1.33. The Kier molecular flexibility index (Phi) is 5.43. The number of anilines is 2. The van der Waals surface area contributed by atoms with Gasteiger partial charge in [0.1, 0.15) is 24.0 Å². The maximum atomic E-state index is 15.0. The third-order valence-corrected chi connectivity index (χ3v) is 7.31. The molecule has 0 spiro atoms. The van der Waals surface area contributed by atoms with Gasteiger partial charge < -0.3 is 20.2 Å². The second-order valence-electron chi connectivity index (χ2n) is 8.40. The zero-order valence-electron chi connectivity index (χ0n) is 18.5. The van der Waals surface area contributed by atoms with Gasteiger partial charge in [-0.15, -0.1) is 0 Å². The molecule has 3 aromatic heterocycles. The van der Waals surface area contributed by atoms with Crippen LogP contribution >= 0.6 is 11.8 Å². The molecule has 4 heterocycles. The number of alkyl halides is 1. The van der Waals surface area contributed by atoms with E-state index in [9.17, 15) is 13.2 Å². The number of ether oxygens (including phenoxy) is 1. The van der Waals surface area contributed by atoms with E-state index in [4.69, 9.17) is 14.9 Å². The Morgan fingerprint density at radius 1 is 1.22 bits per heavy atom. The topological polar surface area (TPSA) is 124 Å². The van der Waals surface area contributed by atoms with Crippen LogP contribution in [0.4, 0.5) is 24.7 Å². The van der Waals surface area contributed by atoms with Crippen LogP contribution in [0.1, 0.15) is 17.9 Å². The number of nitrogens with zero attached hydrogens (tertiary/aromatic N) is 5. The fraction of sp³-hybridized carbons (Fsp3) is 0.261. The molecule has 2 unspecified atom stereocenters. The Morgan fingerprint density at radius 3 is 2.92 bits per heavy atom. The van der Waals surface area contributed by atoms with Crippen LogP contribution in [0.3, 0.4) is 0 Å². The molecule has 0 amide bonds. The number of hydrogen-bond donors (Lipinski definition) is 2. The van der Waals surface area contributed by atoms with E-state index in [1.807, 2.05) is 0 Å². The number of pyridine rings is 1. The minimum absolute atomic E-state index is 0.0346. The number of nitrogens with two attached hydrogens (primary N) is 1. The lowest BCUT2D eigenvalue weighted by Gasteiger charge is -2.31. The van der Waals surface area contributed by atoms with Crippen LogP contribution in [0, 0.1) is 17.6 Å². The van der Waals surface area contributed by atoms with Crippen molar-refractivity contribution in [3.63, 3.8) is 0 Å². The van der Waals surface area contributed by atoms with E-state index in [1.54, 1.807) is 6.07 Å². The van der Waals surface area contributed by atoms with Gasteiger partial charge in [-0.3, -0.25) is 0 Å². The molecule has 0 saturated heterocycles. The first kappa shape index (κ1) is 22.6. The van der Waals surface area contributed by atoms with Crippen molar-refractivity contribution in [1.82, 2.24) is 19.9 Å². The molecule has 3 atom stereocenters. The molecule has 1 fully saturated rings. The highest BCUT2D eigenvalue weighted by Crippen LogP contribution is 2.58. The van der Waals surface area contributed by atoms with Gasteiger partial charge in [-0.1, -0.05) is 11.8 Å². The molecule has 1 aliphatic carbocycles.